The number of aryl methyl sites for hydroxylation is 1. The molecule has 1 rings (SSSR count). The molecule has 0 aliphatic rings. The molecule has 1 heterocycles. The molecule has 1 atom stereocenters. The molecule has 4 heteroatoms. The fraction of sp³-hybridized carbons (Fsp3) is 0.700. The molecule has 0 bridgehead atoms. The van der Waals surface area contributed by atoms with Crippen LogP contribution >= 0.6 is 0 Å². The Bertz CT molecular complexity index is 270. The third kappa shape index (κ3) is 3.12. The summed E-state index contributed by atoms with van der Waals surface area (Å²) in [6.07, 6.45) is 1.92. The van der Waals surface area contributed by atoms with Crippen molar-refractivity contribution in [2.24, 2.45) is 13.0 Å². The van der Waals surface area contributed by atoms with Gasteiger partial charge >= 0.3 is 0 Å². The first-order valence-corrected chi connectivity index (χ1v) is 4.96. The zero-order valence-electron chi connectivity index (χ0n) is 9.07. The molecule has 0 spiro atoms. The van der Waals surface area contributed by atoms with Gasteiger partial charge in [0.1, 0.15) is 0 Å². The van der Waals surface area contributed by atoms with Crippen LogP contribution in [0.2, 0.25) is 0 Å². The van der Waals surface area contributed by atoms with E-state index in [1.54, 1.807) is 4.68 Å². The number of rotatable bonds is 5. The predicted molar refractivity (Wildman–Crippen MR) is 55.8 cm³/mol. The summed E-state index contributed by atoms with van der Waals surface area (Å²) in [5, 5.41) is 16.6. The van der Waals surface area contributed by atoms with E-state index in [2.05, 4.69) is 24.3 Å². The van der Waals surface area contributed by atoms with Gasteiger partial charge in [0.15, 0.2) is 0 Å². The second-order valence-electron chi connectivity index (χ2n) is 3.89. The molecule has 80 valence electrons. The Labute approximate surface area is 84.9 Å². The lowest BCUT2D eigenvalue weighted by molar-refractivity contribution is 0.209. The molecule has 2 N–H and O–H groups in total. The van der Waals surface area contributed by atoms with Crippen molar-refractivity contribution in [2.75, 3.05) is 6.61 Å². The zero-order chi connectivity index (χ0) is 10.6. The largest absolute Gasteiger partial charge is 0.395 e. The summed E-state index contributed by atoms with van der Waals surface area (Å²) < 4.78 is 1.78. The van der Waals surface area contributed by atoms with Gasteiger partial charge < -0.3 is 10.4 Å². The fourth-order valence-electron chi connectivity index (χ4n) is 1.30. The highest BCUT2D eigenvalue weighted by atomic mass is 16.3. The molecule has 0 fully saturated rings. The first kappa shape index (κ1) is 11.2. The average Bonchev–Trinajstić information content (AvgIpc) is 2.52. The molecule has 1 aromatic rings. The van der Waals surface area contributed by atoms with E-state index >= 15 is 0 Å². The SMILES string of the molecule is CC(C)[C@@H](CO)NCc1ccn(C)n1. The molecular weight excluding hydrogens is 178 g/mol. The minimum Gasteiger partial charge on any atom is -0.395 e. The van der Waals surface area contributed by atoms with Crippen LogP contribution in [-0.2, 0) is 13.6 Å². The summed E-state index contributed by atoms with van der Waals surface area (Å²) in [5.41, 5.74) is 1.01. The van der Waals surface area contributed by atoms with Crippen LogP contribution in [0.25, 0.3) is 0 Å². The van der Waals surface area contributed by atoms with Crippen LogP contribution in [0.15, 0.2) is 12.3 Å². The normalized spacial score (nSPS) is 13.5. The maximum Gasteiger partial charge on any atom is 0.0762 e. The van der Waals surface area contributed by atoms with Gasteiger partial charge in [-0.25, -0.2) is 0 Å². The first-order chi connectivity index (χ1) is 6.63. The van der Waals surface area contributed by atoms with Crippen molar-refractivity contribution in [3.05, 3.63) is 18.0 Å². The van der Waals surface area contributed by atoms with Gasteiger partial charge in [-0.3, -0.25) is 4.68 Å². The van der Waals surface area contributed by atoms with Crippen LogP contribution in [0.4, 0.5) is 0 Å². The molecular formula is C10H19N3O. The lowest BCUT2D eigenvalue weighted by atomic mass is 10.1. The number of nitrogens with zero attached hydrogens (tertiary/aromatic N) is 2. The minimum atomic E-state index is 0.150. The molecule has 0 saturated carbocycles. The van der Waals surface area contributed by atoms with Gasteiger partial charge in [0.25, 0.3) is 0 Å². The summed E-state index contributed by atoms with van der Waals surface area (Å²) in [6, 6.07) is 2.12. The maximum atomic E-state index is 9.09. The summed E-state index contributed by atoms with van der Waals surface area (Å²) in [6.45, 7) is 5.06. The number of nitrogens with one attached hydrogen (secondary N) is 1. The Morgan fingerprint density at radius 3 is 2.71 bits per heavy atom. The molecule has 0 radical (unpaired) electrons. The van der Waals surface area contributed by atoms with Crippen LogP contribution < -0.4 is 5.32 Å². The third-order valence-electron chi connectivity index (χ3n) is 2.32. The maximum absolute atomic E-state index is 9.09. The van der Waals surface area contributed by atoms with E-state index in [4.69, 9.17) is 5.11 Å². The highest BCUT2D eigenvalue weighted by molar-refractivity contribution is 4.98. The highest BCUT2D eigenvalue weighted by Crippen LogP contribution is 2.02. The number of aliphatic hydroxyl groups is 1. The van der Waals surface area contributed by atoms with E-state index in [0.29, 0.717) is 12.5 Å². The Balaban J connectivity index is 2.39. The van der Waals surface area contributed by atoms with Crippen LogP contribution in [0.5, 0.6) is 0 Å². The third-order valence-corrected chi connectivity index (χ3v) is 2.32. The van der Waals surface area contributed by atoms with E-state index in [9.17, 15) is 0 Å². The molecule has 0 aliphatic heterocycles. The standard InChI is InChI=1S/C10H19N3O/c1-8(2)10(7-14)11-6-9-4-5-13(3)12-9/h4-5,8,10-11,14H,6-7H2,1-3H3/t10-/m1/s1. The predicted octanol–water partition coefficient (Wildman–Crippen LogP) is 0.527. The van der Waals surface area contributed by atoms with E-state index in [1.165, 1.54) is 0 Å². The Morgan fingerprint density at radius 1 is 1.57 bits per heavy atom. The van der Waals surface area contributed by atoms with E-state index in [0.717, 1.165) is 5.69 Å². The van der Waals surface area contributed by atoms with Crippen molar-refractivity contribution in [1.29, 1.82) is 0 Å². The molecule has 4 nitrogen and oxygen atoms in total. The number of hydrogen-bond acceptors (Lipinski definition) is 3. The summed E-state index contributed by atoms with van der Waals surface area (Å²) >= 11 is 0. The van der Waals surface area contributed by atoms with Crippen molar-refractivity contribution < 1.29 is 5.11 Å². The van der Waals surface area contributed by atoms with Gasteiger partial charge in [-0.05, 0) is 12.0 Å². The van der Waals surface area contributed by atoms with E-state index < -0.39 is 0 Å². The van der Waals surface area contributed by atoms with Gasteiger partial charge in [0.05, 0.1) is 12.3 Å². The lowest BCUT2D eigenvalue weighted by Gasteiger charge is -2.19. The Kier molecular flexibility index (Phi) is 4.10. The molecule has 0 unspecified atom stereocenters. The molecule has 0 saturated heterocycles. The number of aromatic nitrogens is 2. The molecule has 0 aromatic carbocycles. The van der Waals surface area contributed by atoms with Crippen LogP contribution in [0, 0.1) is 5.92 Å². The van der Waals surface area contributed by atoms with Crippen molar-refractivity contribution >= 4 is 0 Å². The smallest absolute Gasteiger partial charge is 0.0762 e. The Morgan fingerprint density at radius 2 is 2.29 bits per heavy atom. The van der Waals surface area contributed by atoms with Crippen molar-refractivity contribution in [3.63, 3.8) is 0 Å². The first-order valence-electron chi connectivity index (χ1n) is 4.96. The van der Waals surface area contributed by atoms with Gasteiger partial charge in [0, 0.05) is 25.8 Å². The second-order valence-corrected chi connectivity index (χ2v) is 3.89. The zero-order valence-corrected chi connectivity index (χ0v) is 9.07. The van der Waals surface area contributed by atoms with Gasteiger partial charge in [0.2, 0.25) is 0 Å². The van der Waals surface area contributed by atoms with E-state index in [-0.39, 0.29) is 12.6 Å². The van der Waals surface area contributed by atoms with Crippen molar-refractivity contribution in [1.82, 2.24) is 15.1 Å². The molecule has 14 heavy (non-hydrogen) atoms. The minimum absolute atomic E-state index is 0.150. The van der Waals surface area contributed by atoms with Crippen molar-refractivity contribution in [2.45, 2.75) is 26.4 Å². The quantitative estimate of drug-likeness (QED) is 0.724. The van der Waals surface area contributed by atoms with Gasteiger partial charge in [-0.2, -0.15) is 5.10 Å². The molecule has 0 aliphatic carbocycles. The van der Waals surface area contributed by atoms with E-state index in [1.807, 2.05) is 19.3 Å². The van der Waals surface area contributed by atoms with Gasteiger partial charge in [-0.1, -0.05) is 13.8 Å². The topological polar surface area (TPSA) is 50.1 Å². The van der Waals surface area contributed by atoms with Gasteiger partial charge in [-0.15, -0.1) is 0 Å². The Hall–Kier alpha value is -0.870. The summed E-state index contributed by atoms with van der Waals surface area (Å²) in [4.78, 5) is 0. The number of aliphatic hydroxyl groups excluding tert-OH is 1. The monoisotopic (exact) mass is 197 g/mol. The number of hydrogen-bond donors (Lipinski definition) is 2. The lowest BCUT2D eigenvalue weighted by Crippen LogP contribution is -2.36. The van der Waals surface area contributed by atoms with Crippen LogP contribution in [-0.4, -0.2) is 27.5 Å². The second kappa shape index (κ2) is 5.12. The van der Waals surface area contributed by atoms with Crippen LogP contribution in [0.3, 0.4) is 0 Å². The van der Waals surface area contributed by atoms with Crippen molar-refractivity contribution in [3.8, 4) is 0 Å². The average molecular weight is 197 g/mol. The summed E-state index contributed by atoms with van der Waals surface area (Å²) in [7, 11) is 1.90. The molecule has 1 aromatic heterocycles. The van der Waals surface area contributed by atoms with Crippen LogP contribution in [0.1, 0.15) is 19.5 Å². The molecule has 0 amide bonds. The highest BCUT2D eigenvalue weighted by Gasteiger charge is 2.11. The fourth-order valence-corrected chi connectivity index (χ4v) is 1.30. The summed E-state index contributed by atoms with van der Waals surface area (Å²) in [5.74, 6) is 0.434.